The number of phenolic OH excluding ortho intramolecular Hbond substituents is 1. The Kier molecular flexibility index (Phi) is 2.86. The van der Waals surface area contributed by atoms with Gasteiger partial charge in [-0.05, 0) is 26.0 Å². The van der Waals surface area contributed by atoms with Gasteiger partial charge in [0.1, 0.15) is 5.75 Å². The molecule has 0 aromatic heterocycles. The lowest BCUT2D eigenvalue weighted by molar-refractivity contribution is 0.474. The van der Waals surface area contributed by atoms with Crippen LogP contribution in [0.4, 0.5) is 0 Å². The molecule has 0 aliphatic heterocycles. The summed E-state index contributed by atoms with van der Waals surface area (Å²) >= 11 is 0. The Bertz CT molecular complexity index is 279. The van der Waals surface area contributed by atoms with Crippen molar-refractivity contribution in [2.45, 2.75) is 19.9 Å². The maximum atomic E-state index is 9.33. The molecule has 1 aromatic carbocycles. The molecule has 0 aliphatic rings. The number of nitrogens with zero attached hydrogens (tertiary/aromatic N) is 1. The van der Waals surface area contributed by atoms with Crippen LogP contribution in [-0.4, -0.2) is 17.4 Å². The van der Waals surface area contributed by atoms with Crippen LogP contribution in [0.15, 0.2) is 29.3 Å². The maximum absolute atomic E-state index is 9.33. The summed E-state index contributed by atoms with van der Waals surface area (Å²) in [6, 6.07) is 7.43. The monoisotopic (exact) mass is 163 g/mol. The second kappa shape index (κ2) is 3.90. The van der Waals surface area contributed by atoms with E-state index in [4.69, 9.17) is 0 Å². The van der Waals surface area contributed by atoms with Crippen molar-refractivity contribution in [3.05, 3.63) is 29.8 Å². The van der Waals surface area contributed by atoms with Crippen LogP contribution < -0.4 is 0 Å². The molecular weight excluding hydrogens is 150 g/mol. The highest BCUT2D eigenvalue weighted by Gasteiger charge is 1.94. The third-order valence-electron chi connectivity index (χ3n) is 1.45. The molecule has 12 heavy (non-hydrogen) atoms. The highest BCUT2D eigenvalue weighted by Crippen LogP contribution is 2.12. The molecule has 0 fully saturated rings. The first-order valence-electron chi connectivity index (χ1n) is 4.01. The highest BCUT2D eigenvalue weighted by atomic mass is 16.3. The highest BCUT2D eigenvalue weighted by molar-refractivity contribution is 5.83. The number of benzene rings is 1. The SMILES string of the molecule is CC(C)/N=C/c1ccccc1O. The minimum absolute atomic E-state index is 0.268. The predicted octanol–water partition coefficient (Wildman–Crippen LogP) is 2.22. The largest absolute Gasteiger partial charge is 0.507 e. The van der Waals surface area contributed by atoms with Gasteiger partial charge in [-0.1, -0.05) is 12.1 Å². The molecule has 0 saturated carbocycles. The molecule has 0 heterocycles. The zero-order valence-corrected chi connectivity index (χ0v) is 7.36. The predicted molar refractivity (Wildman–Crippen MR) is 50.8 cm³/mol. The Labute approximate surface area is 72.6 Å². The molecule has 0 amide bonds. The Morgan fingerprint density at radius 2 is 2.00 bits per heavy atom. The van der Waals surface area contributed by atoms with E-state index in [0.717, 1.165) is 5.56 Å². The van der Waals surface area contributed by atoms with E-state index in [1.807, 2.05) is 26.0 Å². The van der Waals surface area contributed by atoms with Gasteiger partial charge in [-0.2, -0.15) is 0 Å². The summed E-state index contributed by atoms with van der Waals surface area (Å²) in [6.07, 6.45) is 1.69. The van der Waals surface area contributed by atoms with Crippen LogP contribution in [0.2, 0.25) is 0 Å². The van der Waals surface area contributed by atoms with Crippen LogP contribution in [0.3, 0.4) is 0 Å². The van der Waals surface area contributed by atoms with E-state index < -0.39 is 0 Å². The molecule has 0 aliphatic carbocycles. The van der Waals surface area contributed by atoms with Crippen molar-refractivity contribution in [1.82, 2.24) is 0 Å². The zero-order valence-electron chi connectivity index (χ0n) is 7.36. The first kappa shape index (κ1) is 8.78. The van der Waals surface area contributed by atoms with Gasteiger partial charge in [0.05, 0.1) is 0 Å². The van der Waals surface area contributed by atoms with Gasteiger partial charge in [0.15, 0.2) is 0 Å². The third-order valence-corrected chi connectivity index (χ3v) is 1.45. The number of rotatable bonds is 2. The molecule has 1 rings (SSSR count). The Morgan fingerprint density at radius 3 is 2.58 bits per heavy atom. The van der Waals surface area contributed by atoms with Gasteiger partial charge in [0.25, 0.3) is 0 Å². The summed E-state index contributed by atoms with van der Waals surface area (Å²) in [7, 11) is 0. The van der Waals surface area contributed by atoms with Crippen molar-refractivity contribution in [2.75, 3.05) is 0 Å². The van der Waals surface area contributed by atoms with Crippen molar-refractivity contribution in [1.29, 1.82) is 0 Å². The van der Waals surface area contributed by atoms with Gasteiger partial charge in [-0.15, -0.1) is 0 Å². The van der Waals surface area contributed by atoms with Gasteiger partial charge in [-0.3, -0.25) is 4.99 Å². The van der Waals surface area contributed by atoms with E-state index in [2.05, 4.69) is 4.99 Å². The Hall–Kier alpha value is -1.31. The van der Waals surface area contributed by atoms with E-state index in [9.17, 15) is 5.11 Å². The number of phenols is 1. The average molecular weight is 163 g/mol. The number of para-hydroxylation sites is 1. The number of hydrogen-bond donors (Lipinski definition) is 1. The average Bonchev–Trinajstić information content (AvgIpc) is 2.03. The third kappa shape index (κ3) is 2.38. The van der Waals surface area contributed by atoms with E-state index in [-0.39, 0.29) is 11.8 Å². The Balaban J connectivity index is 2.82. The lowest BCUT2D eigenvalue weighted by atomic mass is 10.2. The van der Waals surface area contributed by atoms with Crippen LogP contribution in [0.5, 0.6) is 5.75 Å². The van der Waals surface area contributed by atoms with Crippen LogP contribution in [0.25, 0.3) is 0 Å². The molecule has 2 heteroatoms. The molecule has 0 unspecified atom stereocenters. The summed E-state index contributed by atoms with van der Waals surface area (Å²) in [5, 5.41) is 9.33. The van der Waals surface area contributed by atoms with Crippen molar-refractivity contribution in [3.63, 3.8) is 0 Å². The van der Waals surface area contributed by atoms with Gasteiger partial charge in [0.2, 0.25) is 0 Å². The van der Waals surface area contributed by atoms with Crippen molar-refractivity contribution in [2.24, 2.45) is 4.99 Å². The summed E-state index contributed by atoms with van der Waals surface area (Å²) < 4.78 is 0. The van der Waals surface area contributed by atoms with E-state index in [0.29, 0.717) is 0 Å². The smallest absolute Gasteiger partial charge is 0.124 e. The van der Waals surface area contributed by atoms with Crippen LogP contribution in [0, 0.1) is 0 Å². The van der Waals surface area contributed by atoms with Crippen LogP contribution in [-0.2, 0) is 0 Å². The molecule has 1 N–H and O–H groups in total. The van der Waals surface area contributed by atoms with Crippen LogP contribution in [0.1, 0.15) is 19.4 Å². The first-order valence-corrected chi connectivity index (χ1v) is 4.01. The van der Waals surface area contributed by atoms with Gasteiger partial charge >= 0.3 is 0 Å². The topological polar surface area (TPSA) is 32.6 Å². The zero-order chi connectivity index (χ0) is 8.97. The first-order chi connectivity index (χ1) is 5.70. The molecule has 0 atom stereocenters. The molecule has 1 aromatic rings. The Morgan fingerprint density at radius 1 is 1.33 bits per heavy atom. The number of hydrogen-bond acceptors (Lipinski definition) is 2. The second-order valence-electron chi connectivity index (χ2n) is 2.93. The fourth-order valence-corrected chi connectivity index (χ4v) is 0.826. The lowest BCUT2D eigenvalue weighted by Crippen LogP contribution is -1.90. The van der Waals surface area contributed by atoms with Gasteiger partial charge in [-0.25, -0.2) is 0 Å². The summed E-state index contributed by atoms with van der Waals surface area (Å²) in [6.45, 7) is 3.99. The molecule has 64 valence electrons. The molecule has 0 radical (unpaired) electrons. The molecule has 0 saturated heterocycles. The summed E-state index contributed by atoms with van der Waals surface area (Å²) in [5.74, 6) is 0.280. The van der Waals surface area contributed by atoms with Crippen molar-refractivity contribution < 1.29 is 5.11 Å². The normalized spacial score (nSPS) is 11.2. The van der Waals surface area contributed by atoms with Crippen molar-refractivity contribution >= 4 is 6.21 Å². The van der Waals surface area contributed by atoms with E-state index in [1.54, 1.807) is 18.3 Å². The molecular formula is C10H13NO. The van der Waals surface area contributed by atoms with Gasteiger partial charge < -0.3 is 5.11 Å². The van der Waals surface area contributed by atoms with E-state index in [1.165, 1.54) is 0 Å². The van der Waals surface area contributed by atoms with Crippen molar-refractivity contribution in [3.8, 4) is 5.75 Å². The fraction of sp³-hybridized carbons (Fsp3) is 0.300. The number of aromatic hydroxyl groups is 1. The molecule has 2 nitrogen and oxygen atoms in total. The quantitative estimate of drug-likeness (QED) is 0.666. The minimum Gasteiger partial charge on any atom is -0.507 e. The van der Waals surface area contributed by atoms with Gasteiger partial charge in [0, 0.05) is 17.8 Å². The molecule has 0 bridgehead atoms. The fourth-order valence-electron chi connectivity index (χ4n) is 0.826. The molecule has 0 spiro atoms. The second-order valence-corrected chi connectivity index (χ2v) is 2.93. The minimum atomic E-state index is 0.268. The standard InChI is InChI=1S/C10H13NO/c1-8(2)11-7-9-5-3-4-6-10(9)12/h3-8,12H,1-2H3/b11-7+. The summed E-state index contributed by atoms with van der Waals surface area (Å²) in [4.78, 5) is 4.17. The number of aliphatic imine (C=N–C) groups is 1. The lowest BCUT2D eigenvalue weighted by Gasteiger charge is -1.98. The maximum Gasteiger partial charge on any atom is 0.124 e. The van der Waals surface area contributed by atoms with E-state index >= 15 is 0 Å². The van der Waals surface area contributed by atoms with Crippen LogP contribution >= 0.6 is 0 Å². The summed E-state index contributed by atoms with van der Waals surface area (Å²) in [5.41, 5.74) is 0.770.